The Labute approximate surface area is 208 Å². The standard InChI is InChI=1S/C26H24Cl2N4O2/c1-18(21-5-3-2-4-6-21)32(15-20-7-8-22(27)23(28)13-20)16-25-31-24(17-34-25)26(33)30-14-19-9-11-29-12-10-19/h2-13,17-18H,14-16H2,1H3,(H,30,33)/t18-/m1/s1. The lowest BCUT2D eigenvalue weighted by atomic mass is 10.1. The number of benzene rings is 2. The van der Waals surface area contributed by atoms with E-state index in [1.165, 1.54) is 6.26 Å². The van der Waals surface area contributed by atoms with Crippen LogP contribution in [-0.4, -0.2) is 20.8 Å². The van der Waals surface area contributed by atoms with E-state index in [0.717, 1.165) is 16.7 Å². The molecule has 4 rings (SSSR count). The molecule has 6 nitrogen and oxygen atoms in total. The van der Waals surface area contributed by atoms with Crippen molar-refractivity contribution in [2.75, 3.05) is 0 Å². The molecule has 2 heterocycles. The third-order valence-electron chi connectivity index (χ3n) is 5.52. The van der Waals surface area contributed by atoms with Crippen molar-refractivity contribution in [1.82, 2.24) is 20.2 Å². The highest BCUT2D eigenvalue weighted by molar-refractivity contribution is 6.42. The highest BCUT2D eigenvalue weighted by atomic mass is 35.5. The predicted octanol–water partition coefficient (Wildman–Crippen LogP) is 6.07. The maximum absolute atomic E-state index is 12.5. The monoisotopic (exact) mass is 494 g/mol. The average molecular weight is 495 g/mol. The Morgan fingerprint density at radius 3 is 2.50 bits per heavy atom. The van der Waals surface area contributed by atoms with Gasteiger partial charge in [-0.2, -0.15) is 0 Å². The quantitative estimate of drug-likeness (QED) is 0.305. The third kappa shape index (κ3) is 6.23. The number of nitrogens with one attached hydrogen (secondary N) is 1. The Balaban J connectivity index is 1.49. The number of rotatable bonds is 9. The fourth-order valence-corrected chi connectivity index (χ4v) is 3.90. The summed E-state index contributed by atoms with van der Waals surface area (Å²) in [5.41, 5.74) is 3.37. The molecule has 0 aliphatic heterocycles. The lowest BCUT2D eigenvalue weighted by Gasteiger charge is -2.28. The molecule has 2 aromatic heterocycles. The Morgan fingerprint density at radius 1 is 1.00 bits per heavy atom. The number of amides is 1. The lowest BCUT2D eigenvalue weighted by molar-refractivity contribution is 0.0945. The first-order valence-electron chi connectivity index (χ1n) is 10.8. The van der Waals surface area contributed by atoms with Crippen molar-refractivity contribution in [2.45, 2.75) is 32.6 Å². The Hall–Kier alpha value is -3.19. The first kappa shape index (κ1) is 24.0. The van der Waals surface area contributed by atoms with Gasteiger partial charge in [0.1, 0.15) is 6.26 Å². The van der Waals surface area contributed by atoms with Gasteiger partial charge in [0.25, 0.3) is 5.91 Å². The molecular formula is C26H24Cl2N4O2. The second-order valence-corrected chi connectivity index (χ2v) is 8.72. The minimum Gasteiger partial charge on any atom is -0.447 e. The van der Waals surface area contributed by atoms with Crippen LogP contribution in [0.25, 0.3) is 0 Å². The van der Waals surface area contributed by atoms with Crippen molar-refractivity contribution in [3.63, 3.8) is 0 Å². The van der Waals surface area contributed by atoms with E-state index in [9.17, 15) is 4.79 Å². The number of oxazole rings is 1. The van der Waals surface area contributed by atoms with Crippen LogP contribution in [0.3, 0.4) is 0 Å². The summed E-state index contributed by atoms with van der Waals surface area (Å²) in [6.07, 6.45) is 4.76. The molecule has 174 valence electrons. The summed E-state index contributed by atoms with van der Waals surface area (Å²) in [6, 6.07) is 19.5. The van der Waals surface area contributed by atoms with Crippen molar-refractivity contribution in [3.05, 3.63) is 118 Å². The summed E-state index contributed by atoms with van der Waals surface area (Å²) in [7, 11) is 0. The largest absolute Gasteiger partial charge is 0.447 e. The number of pyridine rings is 1. The van der Waals surface area contributed by atoms with Gasteiger partial charge in [0, 0.05) is 31.5 Å². The number of nitrogens with zero attached hydrogens (tertiary/aromatic N) is 3. The van der Waals surface area contributed by atoms with Crippen molar-refractivity contribution >= 4 is 29.1 Å². The van der Waals surface area contributed by atoms with E-state index in [1.807, 2.05) is 42.5 Å². The minimum atomic E-state index is -0.293. The summed E-state index contributed by atoms with van der Waals surface area (Å²) in [5, 5.41) is 3.88. The zero-order valence-electron chi connectivity index (χ0n) is 18.6. The molecule has 0 saturated carbocycles. The molecule has 0 spiro atoms. The third-order valence-corrected chi connectivity index (χ3v) is 6.26. The summed E-state index contributed by atoms with van der Waals surface area (Å²) >= 11 is 12.3. The molecule has 34 heavy (non-hydrogen) atoms. The second kappa shape index (κ2) is 11.3. The SMILES string of the molecule is C[C@H](c1ccccc1)N(Cc1ccc(Cl)c(Cl)c1)Cc1nc(C(=O)NCc2ccncc2)co1. The average Bonchev–Trinajstić information content (AvgIpc) is 3.34. The van der Waals surface area contributed by atoms with E-state index >= 15 is 0 Å². The molecule has 0 aliphatic rings. The van der Waals surface area contributed by atoms with Crippen LogP contribution in [0.2, 0.25) is 10.0 Å². The molecule has 8 heteroatoms. The molecule has 2 aromatic carbocycles. The van der Waals surface area contributed by atoms with Crippen LogP contribution in [0.5, 0.6) is 0 Å². The number of aromatic nitrogens is 2. The summed E-state index contributed by atoms with van der Waals surface area (Å²) in [4.78, 5) is 23.2. The number of halogens is 2. The maximum atomic E-state index is 12.5. The molecule has 1 amide bonds. The van der Waals surface area contributed by atoms with Crippen molar-refractivity contribution in [2.24, 2.45) is 0 Å². The first-order valence-corrected chi connectivity index (χ1v) is 11.6. The number of hydrogen-bond donors (Lipinski definition) is 1. The molecule has 1 atom stereocenters. The van der Waals surface area contributed by atoms with Crippen LogP contribution >= 0.6 is 23.2 Å². The van der Waals surface area contributed by atoms with Crippen LogP contribution < -0.4 is 5.32 Å². The molecule has 0 aliphatic carbocycles. The molecular weight excluding hydrogens is 471 g/mol. The highest BCUT2D eigenvalue weighted by Crippen LogP contribution is 2.27. The summed E-state index contributed by atoms with van der Waals surface area (Å²) in [5.74, 6) is 0.163. The number of carbonyl (C=O) groups excluding carboxylic acids is 1. The first-order chi connectivity index (χ1) is 16.5. The fraction of sp³-hybridized carbons (Fsp3) is 0.192. The van der Waals surface area contributed by atoms with Gasteiger partial charge < -0.3 is 9.73 Å². The van der Waals surface area contributed by atoms with Crippen LogP contribution in [0, 0.1) is 0 Å². The minimum absolute atomic E-state index is 0.0616. The van der Waals surface area contributed by atoms with Crippen molar-refractivity contribution in [3.8, 4) is 0 Å². The van der Waals surface area contributed by atoms with E-state index in [2.05, 4.69) is 39.2 Å². The number of hydrogen-bond acceptors (Lipinski definition) is 5. The van der Waals surface area contributed by atoms with E-state index in [1.54, 1.807) is 18.5 Å². The van der Waals surface area contributed by atoms with E-state index in [0.29, 0.717) is 35.6 Å². The van der Waals surface area contributed by atoms with Crippen LogP contribution in [-0.2, 0) is 19.6 Å². The van der Waals surface area contributed by atoms with Gasteiger partial charge in [0.15, 0.2) is 5.69 Å². The van der Waals surface area contributed by atoms with E-state index in [-0.39, 0.29) is 17.6 Å². The van der Waals surface area contributed by atoms with Gasteiger partial charge in [-0.15, -0.1) is 0 Å². The van der Waals surface area contributed by atoms with Crippen LogP contribution in [0.4, 0.5) is 0 Å². The van der Waals surface area contributed by atoms with Gasteiger partial charge in [0.2, 0.25) is 5.89 Å². The van der Waals surface area contributed by atoms with Gasteiger partial charge >= 0.3 is 0 Å². The van der Waals surface area contributed by atoms with Crippen molar-refractivity contribution < 1.29 is 9.21 Å². The van der Waals surface area contributed by atoms with Gasteiger partial charge in [-0.3, -0.25) is 14.7 Å². The van der Waals surface area contributed by atoms with Gasteiger partial charge in [-0.05, 0) is 47.9 Å². The summed E-state index contributed by atoms with van der Waals surface area (Å²) < 4.78 is 5.66. The van der Waals surface area contributed by atoms with Crippen molar-refractivity contribution in [1.29, 1.82) is 0 Å². The molecule has 0 fully saturated rings. The number of carbonyl (C=O) groups is 1. The summed E-state index contributed by atoms with van der Waals surface area (Å²) in [6.45, 7) is 3.52. The van der Waals surface area contributed by atoms with Crippen LogP contribution in [0.15, 0.2) is 83.7 Å². The Kier molecular flexibility index (Phi) is 7.95. The highest BCUT2D eigenvalue weighted by Gasteiger charge is 2.21. The Morgan fingerprint density at radius 2 is 1.76 bits per heavy atom. The molecule has 1 N–H and O–H groups in total. The maximum Gasteiger partial charge on any atom is 0.273 e. The van der Waals surface area contributed by atoms with E-state index in [4.69, 9.17) is 27.6 Å². The second-order valence-electron chi connectivity index (χ2n) is 7.90. The topological polar surface area (TPSA) is 71.3 Å². The molecule has 0 bridgehead atoms. The van der Waals surface area contributed by atoms with E-state index < -0.39 is 0 Å². The van der Waals surface area contributed by atoms with Gasteiger partial charge in [-0.1, -0.05) is 59.6 Å². The smallest absolute Gasteiger partial charge is 0.273 e. The molecule has 0 saturated heterocycles. The molecule has 0 radical (unpaired) electrons. The molecule has 0 unspecified atom stereocenters. The predicted molar refractivity (Wildman–Crippen MR) is 132 cm³/mol. The zero-order chi connectivity index (χ0) is 23.9. The Bertz CT molecular complexity index is 1230. The lowest BCUT2D eigenvalue weighted by Crippen LogP contribution is -2.27. The zero-order valence-corrected chi connectivity index (χ0v) is 20.1. The fourth-order valence-electron chi connectivity index (χ4n) is 3.58. The molecule has 4 aromatic rings. The van der Waals surface area contributed by atoms with Crippen LogP contribution in [0.1, 0.15) is 46.0 Å². The normalized spacial score (nSPS) is 12.0. The van der Waals surface area contributed by atoms with Gasteiger partial charge in [-0.25, -0.2) is 4.98 Å². The van der Waals surface area contributed by atoms with Gasteiger partial charge in [0.05, 0.1) is 16.6 Å².